The van der Waals surface area contributed by atoms with E-state index in [-0.39, 0.29) is 0 Å². The Kier molecular flexibility index (Phi) is 11.0. The molecule has 368 valence electrons. The highest BCUT2D eigenvalue weighted by atomic mass is 32.1. The second-order valence-corrected chi connectivity index (χ2v) is 20.7. The van der Waals surface area contributed by atoms with Crippen LogP contribution in [-0.2, 0) is 0 Å². The Bertz CT molecular complexity index is 4680. The normalized spacial score (nSPS) is 11.6. The van der Waals surface area contributed by atoms with E-state index in [9.17, 15) is 0 Å². The van der Waals surface area contributed by atoms with Crippen LogP contribution < -0.4 is 14.7 Å². The summed E-state index contributed by atoms with van der Waals surface area (Å²) < 4.78 is 15.1. The summed E-state index contributed by atoms with van der Waals surface area (Å²) in [7, 11) is 0. The first-order valence-corrected chi connectivity index (χ1v) is 27.1. The minimum atomic E-state index is 0.848. The van der Waals surface area contributed by atoms with Crippen LogP contribution in [0.5, 0.6) is 0 Å². The van der Waals surface area contributed by atoms with Gasteiger partial charge in [-0.05, 0) is 144 Å². The van der Waals surface area contributed by atoms with Gasteiger partial charge in [-0.2, -0.15) is 0 Å². The van der Waals surface area contributed by atoms with Crippen molar-refractivity contribution in [2.24, 2.45) is 0 Å². The lowest BCUT2D eigenvalue weighted by molar-refractivity contribution is 0.668. The molecule has 0 amide bonds. The van der Waals surface area contributed by atoms with E-state index in [0.717, 1.165) is 112 Å². The summed E-state index contributed by atoms with van der Waals surface area (Å²) in [4.78, 5) is 7.22. The minimum Gasteiger partial charge on any atom is -0.456 e. The summed E-state index contributed by atoms with van der Waals surface area (Å²) in [6, 6.07) is 102. The summed E-state index contributed by atoms with van der Waals surface area (Å²) in [6.07, 6.45) is 0. The Hall–Kier alpha value is -10.1. The van der Waals surface area contributed by atoms with Crippen molar-refractivity contribution in [3.63, 3.8) is 0 Å². The van der Waals surface area contributed by atoms with Crippen molar-refractivity contribution < 1.29 is 8.83 Å². The molecule has 5 nitrogen and oxygen atoms in total. The lowest BCUT2D eigenvalue weighted by atomic mass is 10.0. The molecule has 15 aromatic rings. The van der Waals surface area contributed by atoms with Crippen molar-refractivity contribution in [2.45, 2.75) is 0 Å². The van der Waals surface area contributed by atoms with Gasteiger partial charge < -0.3 is 23.5 Å². The van der Waals surface area contributed by atoms with Gasteiger partial charge in [-0.3, -0.25) is 0 Å². The van der Waals surface area contributed by atoms with Crippen molar-refractivity contribution in [3.8, 4) is 22.3 Å². The summed E-state index contributed by atoms with van der Waals surface area (Å²) >= 11 is 1.84. The molecule has 0 aliphatic heterocycles. The van der Waals surface area contributed by atoms with E-state index in [4.69, 9.17) is 8.83 Å². The molecule has 6 heteroatoms. The number of para-hydroxylation sites is 4. The quantitative estimate of drug-likeness (QED) is 0.129. The van der Waals surface area contributed by atoms with Gasteiger partial charge in [0.05, 0.1) is 27.4 Å². The SMILES string of the molecule is c1ccc(-c2ccc(N(c3ccc(-c4ccc5oc6ccccc6c5c4)cc3)c3cc(N(c4ccccc4)c4ccc5oc6ccccc6c5c4)cc(N(c4ccccc4)c4cccc5c4sc4ccccc45)c3)cc2)cc1. The van der Waals surface area contributed by atoms with Crippen LogP contribution in [0.25, 0.3) is 86.3 Å². The minimum absolute atomic E-state index is 0.848. The molecule has 0 radical (unpaired) electrons. The van der Waals surface area contributed by atoms with Crippen LogP contribution in [0.2, 0.25) is 0 Å². The number of anilines is 9. The molecule has 0 N–H and O–H groups in total. The maximum atomic E-state index is 6.42. The highest BCUT2D eigenvalue weighted by Crippen LogP contribution is 2.50. The predicted molar refractivity (Wildman–Crippen MR) is 329 cm³/mol. The van der Waals surface area contributed by atoms with Gasteiger partial charge in [0.2, 0.25) is 0 Å². The number of thiophene rings is 1. The van der Waals surface area contributed by atoms with Gasteiger partial charge in [0.1, 0.15) is 22.3 Å². The smallest absolute Gasteiger partial charge is 0.135 e. The molecular weight excluding hydrogens is 971 g/mol. The molecule has 0 spiro atoms. The largest absolute Gasteiger partial charge is 0.456 e. The first kappa shape index (κ1) is 45.3. The zero-order chi connectivity index (χ0) is 51.5. The second-order valence-electron chi connectivity index (χ2n) is 19.7. The third-order valence-corrected chi connectivity index (χ3v) is 16.2. The molecule has 3 heterocycles. The summed E-state index contributed by atoms with van der Waals surface area (Å²) in [5.74, 6) is 0. The molecule has 12 aromatic carbocycles. The Morgan fingerprint density at radius 3 is 1.27 bits per heavy atom. The molecule has 0 aliphatic carbocycles. The first-order chi connectivity index (χ1) is 38.6. The fourth-order valence-corrected chi connectivity index (χ4v) is 12.6. The maximum Gasteiger partial charge on any atom is 0.135 e. The number of benzene rings is 12. The van der Waals surface area contributed by atoms with Gasteiger partial charge in [-0.25, -0.2) is 0 Å². The van der Waals surface area contributed by atoms with Crippen molar-refractivity contribution in [3.05, 3.63) is 285 Å². The highest BCUT2D eigenvalue weighted by Gasteiger charge is 2.25. The third-order valence-electron chi connectivity index (χ3n) is 15.0. The summed E-state index contributed by atoms with van der Waals surface area (Å²) in [5.41, 5.74) is 17.2. The van der Waals surface area contributed by atoms with Crippen LogP contribution in [0.3, 0.4) is 0 Å². The average molecular weight is 1020 g/mol. The van der Waals surface area contributed by atoms with Crippen LogP contribution in [0.1, 0.15) is 0 Å². The summed E-state index contributed by atoms with van der Waals surface area (Å²) in [6.45, 7) is 0. The molecule has 0 aliphatic rings. The predicted octanol–water partition coefficient (Wildman–Crippen LogP) is 21.6. The van der Waals surface area contributed by atoms with Crippen LogP contribution in [0, 0.1) is 0 Å². The third kappa shape index (κ3) is 7.93. The molecule has 15 rings (SSSR count). The van der Waals surface area contributed by atoms with Crippen LogP contribution in [-0.4, -0.2) is 0 Å². The van der Waals surface area contributed by atoms with E-state index >= 15 is 0 Å². The molecule has 0 unspecified atom stereocenters. The summed E-state index contributed by atoms with van der Waals surface area (Å²) in [5, 5.41) is 6.85. The fourth-order valence-electron chi connectivity index (χ4n) is 11.3. The van der Waals surface area contributed by atoms with Crippen LogP contribution in [0.15, 0.2) is 294 Å². The lowest BCUT2D eigenvalue weighted by Crippen LogP contribution is -2.16. The number of fused-ring (bicyclic) bond motifs is 9. The van der Waals surface area contributed by atoms with Crippen LogP contribution >= 0.6 is 11.3 Å². The number of hydrogen-bond donors (Lipinski definition) is 0. The van der Waals surface area contributed by atoms with E-state index in [1.54, 1.807) is 0 Å². The highest BCUT2D eigenvalue weighted by molar-refractivity contribution is 7.26. The van der Waals surface area contributed by atoms with Gasteiger partial charge in [-0.15, -0.1) is 11.3 Å². The van der Waals surface area contributed by atoms with E-state index in [1.165, 1.54) is 25.7 Å². The monoisotopic (exact) mass is 1020 g/mol. The molecule has 0 saturated carbocycles. The van der Waals surface area contributed by atoms with Gasteiger partial charge in [0.25, 0.3) is 0 Å². The van der Waals surface area contributed by atoms with E-state index < -0.39 is 0 Å². The van der Waals surface area contributed by atoms with Crippen molar-refractivity contribution in [2.75, 3.05) is 14.7 Å². The average Bonchev–Trinajstić information content (AvgIpc) is 4.33. The lowest BCUT2D eigenvalue weighted by Gasteiger charge is -2.33. The van der Waals surface area contributed by atoms with Gasteiger partial charge in [0, 0.05) is 65.5 Å². The van der Waals surface area contributed by atoms with Gasteiger partial charge in [-0.1, -0.05) is 164 Å². The van der Waals surface area contributed by atoms with Gasteiger partial charge >= 0.3 is 0 Å². The Labute approximate surface area is 454 Å². The van der Waals surface area contributed by atoms with Crippen molar-refractivity contribution in [1.29, 1.82) is 0 Å². The van der Waals surface area contributed by atoms with Crippen molar-refractivity contribution in [1.82, 2.24) is 0 Å². The van der Waals surface area contributed by atoms with E-state index in [2.05, 4.69) is 276 Å². The molecular formula is C72H47N3O2S. The molecule has 78 heavy (non-hydrogen) atoms. The number of nitrogens with zero attached hydrogens (tertiary/aromatic N) is 3. The number of furan rings is 2. The zero-order valence-corrected chi connectivity index (χ0v) is 43.0. The van der Waals surface area contributed by atoms with Gasteiger partial charge in [0.15, 0.2) is 0 Å². The Morgan fingerprint density at radius 1 is 0.231 bits per heavy atom. The second kappa shape index (κ2) is 18.9. The molecule has 0 fully saturated rings. The Morgan fingerprint density at radius 2 is 0.641 bits per heavy atom. The zero-order valence-electron chi connectivity index (χ0n) is 42.2. The van der Waals surface area contributed by atoms with E-state index in [1.807, 2.05) is 35.6 Å². The topological polar surface area (TPSA) is 36.0 Å². The number of rotatable bonds is 11. The van der Waals surface area contributed by atoms with Crippen molar-refractivity contribution >= 4 is 127 Å². The fraction of sp³-hybridized carbons (Fsp3) is 0. The van der Waals surface area contributed by atoms with Crippen LogP contribution in [0.4, 0.5) is 51.2 Å². The molecule has 0 atom stereocenters. The maximum absolute atomic E-state index is 6.42. The molecule has 3 aromatic heterocycles. The number of hydrogen-bond acceptors (Lipinski definition) is 6. The first-order valence-electron chi connectivity index (χ1n) is 26.3. The van der Waals surface area contributed by atoms with E-state index in [0.29, 0.717) is 0 Å². The Balaban J connectivity index is 0.978. The standard InChI is InChI=1S/C72H47N3O2S/c1-4-17-48(18-5-1)49-31-36-54(37-32-49)73(55-38-33-50(34-39-55)51-35-41-69-64(43-51)60-23-10-13-28-67(60)76-69)57-44-58(74(52-19-6-2-7-20-52)56-40-42-70-65(47-56)61-24-11-14-29-68(61)77-70)46-59(45-57)75(53-21-8-3-9-22-53)66-27-16-26-63-62-25-12-15-30-71(62)78-72(63)66/h1-47H. The molecule has 0 bridgehead atoms. The molecule has 0 saturated heterocycles.